The van der Waals surface area contributed by atoms with E-state index in [1.807, 2.05) is 20.8 Å². The largest absolute Gasteiger partial charge is 0.348 e. The Morgan fingerprint density at radius 3 is 2.73 bits per heavy atom. The van der Waals surface area contributed by atoms with E-state index in [9.17, 15) is 4.79 Å². The highest BCUT2D eigenvalue weighted by Gasteiger charge is 2.26. The molecule has 0 saturated carbocycles. The zero-order valence-electron chi connectivity index (χ0n) is 9.59. The molecule has 5 heteroatoms. The number of hydrogen-bond donors (Lipinski definition) is 3. The maximum atomic E-state index is 11.8. The molecule has 0 aliphatic carbocycles. The number of hydrogen-bond acceptors (Lipinski definition) is 3. The van der Waals surface area contributed by atoms with Crippen molar-refractivity contribution in [1.29, 1.82) is 0 Å². The van der Waals surface area contributed by atoms with Gasteiger partial charge in [-0.15, -0.1) is 0 Å². The van der Waals surface area contributed by atoms with Crippen LogP contribution >= 0.6 is 0 Å². The molecule has 1 atom stereocenters. The van der Waals surface area contributed by atoms with Gasteiger partial charge >= 0.3 is 0 Å². The summed E-state index contributed by atoms with van der Waals surface area (Å²) in [5, 5.41) is 12.4. The van der Waals surface area contributed by atoms with Crippen molar-refractivity contribution in [2.24, 2.45) is 0 Å². The molecule has 84 valence electrons. The SMILES string of the molecule is CNC(C)(C)C(=O)NC(C)c1cn[nH]c1. The molecule has 1 aromatic heterocycles. The van der Waals surface area contributed by atoms with Crippen molar-refractivity contribution in [3.63, 3.8) is 0 Å². The van der Waals surface area contributed by atoms with E-state index in [-0.39, 0.29) is 11.9 Å². The molecule has 0 aliphatic heterocycles. The van der Waals surface area contributed by atoms with Crippen molar-refractivity contribution < 1.29 is 4.79 Å². The number of carbonyl (C=O) groups excluding carboxylic acids is 1. The molecule has 3 N–H and O–H groups in total. The molecule has 1 heterocycles. The maximum Gasteiger partial charge on any atom is 0.240 e. The Morgan fingerprint density at radius 2 is 2.27 bits per heavy atom. The van der Waals surface area contributed by atoms with E-state index >= 15 is 0 Å². The number of amides is 1. The number of nitrogens with one attached hydrogen (secondary N) is 3. The van der Waals surface area contributed by atoms with Gasteiger partial charge in [-0.2, -0.15) is 5.10 Å². The number of aromatic nitrogens is 2. The highest BCUT2D eigenvalue weighted by atomic mass is 16.2. The van der Waals surface area contributed by atoms with Gasteiger partial charge in [0.1, 0.15) is 0 Å². The Labute approximate surface area is 89.6 Å². The van der Waals surface area contributed by atoms with Crippen LogP contribution in [0.1, 0.15) is 32.4 Å². The molecule has 15 heavy (non-hydrogen) atoms. The van der Waals surface area contributed by atoms with Crippen LogP contribution in [0.5, 0.6) is 0 Å². The standard InChI is InChI=1S/C10H18N4O/c1-7(8-5-12-13-6-8)14-9(15)10(2,3)11-4/h5-7,11H,1-4H3,(H,12,13)(H,14,15). The fourth-order valence-corrected chi connectivity index (χ4v) is 1.07. The van der Waals surface area contributed by atoms with Crippen molar-refractivity contribution in [2.45, 2.75) is 32.4 Å². The molecule has 0 saturated heterocycles. The Hall–Kier alpha value is -1.36. The smallest absolute Gasteiger partial charge is 0.240 e. The zero-order chi connectivity index (χ0) is 11.5. The third-order valence-corrected chi connectivity index (χ3v) is 2.56. The van der Waals surface area contributed by atoms with E-state index in [1.165, 1.54) is 0 Å². The van der Waals surface area contributed by atoms with Crippen molar-refractivity contribution in [3.8, 4) is 0 Å². The second kappa shape index (κ2) is 4.44. The van der Waals surface area contributed by atoms with E-state index in [2.05, 4.69) is 20.8 Å². The first-order chi connectivity index (χ1) is 6.97. The lowest BCUT2D eigenvalue weighted by atomic mass is 10.0. The summed E-state index contributed by atoms with van der Waals surface area (Å²) in [4.78, 5) is 11.8. The number of likely N-dealkylation sites (N-methyl/N-ethyl adjacent to an activating group) is 1. The minimum absolute atomic E-state index is 0.0290. The van der Waals surface area contributed by atoms with Gasteiger partial charge in [-0.3, -0.25) is 9.89 Å². The van der Waals surface area contributed by atoms with Gasteiger partial charge in [0, 0.05) is 11.8 Å². The minimum Gasteiger partial charge on any atom is -0.348 e. The second-order valence-electron chi connectivity index (χ2n) is 4.10. The Bertz CT molecular complexity index is 318. The summed E-state index contributed by atoms with van der Waals surface area (Å²) in [5.41, 5.74) is 0.410. The molecule has 0 spiro atoms. The van der Waals surface area contributed by atoms with E-state index in [1.54, 1.807) is 19.4 Å². The lowest BCUT2D eigenvalue weighted by Gasteiger charge is -2.25. The summed E-state index contributed by atoms with van der Waals surface area (Å²) in [6.07, 6.45) is 3.48. The van der Waals surface area contributed by atoms with Crippen molar-refractivity contribution in [3.05, 3.63) is 18.0 Å². The van der Waals surface area contributed by atoms with Crippen molar-refractivity contribution >= 4 is 5.91 Å². The molecule has 5 nitrogen and oxygen atoms in total. The van der Waals surface area contributed by atoms with Gasteiger partial charge in [-0.1, -0.05) is 0 Å². The van der Waals surface area contributed by atoms with Crippen LogP contribution < -0.4 is 10.6 Å². The molecular formula is C10H18N4O. The molecule has 0 aliphatic rings. The second-order valence-corrected chi connectivity index (χ2v) is 4.10. The summed E-state index contributed by atoms with van der Waals surface area (Å²) < 4.78 is 0. The molecule has 1 rings (SSSR count). The maximum absolute atomic E-state index is 11.8. The summed E-state index contributed by atoms with van der Waals surface area (Å²) in [7, 11) is 1.77. The number of carbonyl (C=O) groups is 1. The average molecular weight is 210 g/mol. The van der Waals surface area contributed by atoms with E-state index < -0.39 is 5.54 Å². The van der Waals surface area contributed by atoms with Gasteiger partial charge in [0.2, 0.25) is 5.91 Å². The van der Waals surface area contributed by atoms with Crippen LogP contribution in [0.4, 0.5) is 0 Å². The van der Waals surface area contributed by atoms with Gasteiger partial charge in [-0.05, 0) is 27.8 Å². The lowest BCUT2D eigenvalue weighted by Crippen LogP contribution is -2.51. The lowest BCUT2D eigenvalue weighted by molar-refractivity contribution is -0.126. The number of rotatable bonds is 4. The van der Waals surface area contributed by atoms with Crippen LogP contribution in [-0.4, -0.2) is 28.7 Å². The third kappa shape index (κ3) is 2.79. The van der Waals surface area contributed by atoms with Crippen LogP contribution in [-0.2, 0) is 4.79 Å². The van der Waals surface area contributed by atoms with Crippen LogP contribution in [0.15, 0.2) is 12.4 Å². The third-order valence-electron chi connectivity index (χ3n) is 2.56. The van der Waals surface area contributed by atoms with Gasteiger partial charge < -0.3 is 10.6 Å². The normalized spacial score (nSPS) is 13.6. The van der Waals surface area contributed by atoms with Crippen LogP contribution in [0, 0.1) is 0 Å². The van der Waals surface area contributed by atoms with Crippen LogP contribution in [0.3, 0.4) is 0 Å². The predicted octanol–water partition coefficient (Wildman–Crippen LogP) is 0.585. The van der Waals surface area contributed by atoms with Gasteiger partial charge in [0.15, 0.2) is 0 Å². The first kappa shape index (κ1) is 11.7. The zero-order valence-corrected chi connectivity index (χ0v) is 9.59. The molecule has 0 radical (unpaired) electrons. The first-order valence-corrected chi connectivity index (χ1v) is 4.96. The summed E-state index contributed by atoms with van der Waals surface area (Å²) >= 11 is 0. The van der Waals surface area contributed by atoms with Crippen molar-refractivity contribution in [1.82, 2.24) is 20.8 Å². The fourth-order valence-electron chi connectivity index (χ4n) is 1.07. The molecule has 0 bridgehead atoms. The monoisotopic (exact) mass is 210 g/mol. The number of nitrogens with zero attached hydrogens (tertiary/aromatic N) is 1. The summed E-state index contributed by atoms with van der Waals surface area (Å²) in [6.45, 7) is 5.60. The Balaban J connectivity index is 2.60. The average Bonchev–Trinajstić information content (AvgIpc) is 2.70. The highest BCUT2D eigenvalue weighted by molar-refractivity contribution is 5.85. The molecular weight excluding hydrogens is 192 g/mol. The predicted molar refractivity (Wildman–Crippen MR) is 58.3 cm³/mol. The fraction of sp³-hybridized carbons (Fsp3) is 0.600. The topological polar surface area (TPSA) is 69.8 Å². The molecule has 0 fully saturated rings. The summed E-state index contributed by atoms with van der Waals surface area (Å²) in [6, 6.07) is -0.0381. The van der Waals surface area contributed by atoms with Gasteiger partial charge in [-0.25, -0.2) is 0 Å². The van der Waals surface area contributed by atoms with Crippen LogP contribution in [0.25, 0.3) is 0 Å². The molecule has 1 aromatic rings. The first-order valence-electron chi connectivity index (χ1n) is 4.96. The highest BCUT2D eigenvalue weighted by Crippen LogP contribution is 2.11. The Morgan fingerprint density at radius 1 is 1.60 bits per heavy atom. The van der Waals surface area contributed by atoms with Crippen LogP contribution in [0.2, 0.25) is 0 Å². The molecule has 0 aromatic carbocycles. The van der Waals surface area contributed by atoms with E-state index in [0.29, 0.717) is 0 Å². The molecule has 1 unspecified atom stereocenters. The van der Waals surface area contributed by atoms with E-state index in [4.69, 9.17) is 0 Å². The molecule has 1 amide bonds. The van der Waals surface area contributed by atoms with Gasteiger partial charge in [0.05, 0.1) is 17.8 Å². The minimum atomic E-state index is -0.558. The quantitative estimate of drug-likeness (QED) is 0.681. The van der Waals surface area contributed by atoms with E-state index in [0.717, 1.165) is 5.56 Å². The van der Waals surface area contributed by atoms with Gasteiger partial charge in [0.25, 0.3) is 0 Å². The van der Waals surface area contributed by atoms with Crippen molar-refractivity contribution in [2.75, 3.05) is 7.05 Å². The number of aromatic amines is 1. The summed E-state index contributed by atoms with van der Waals surface area (Å²) in [5.74, 6) is -0.0290. The Kier molecular flexibility index (Phi) is 3.47. The number of H-pyrrole nitrogens is 1.